The molecule has 5 nitrogen and oxygen atoms in total. The van der Waals surface area contributed by atoms with E-state index in [2.05, 4.69) is 46.8 Å². The largest absolute Gasteiger partial charge is 0.378 e. The second-order valence-electron chi connectivity index (χ2n) is 7.22. The number of hydrogen-bond donors (Lipinski definition) is 2. The number of nitrogens with one attached hydrogen (secondary N) is 2. The molecule has 0 saturated heterocycles. The predicted octanol–water partition coefficient (Wildman–Crippen LogP) is 3.90. The summed E-state index contributed by atoms with van der Waals surface area (Å²) in [6.07, 6.45) is 5.39. The quantitative estimate of drug-likeness (QED) is 0.370. The number of guanidine groups is 1. The van der Waals surface area contributed by atoms with E-state index in [-0.39, 0.29) is 24.0 Å². The number of rotatable bonds is 6. The molecule has 2 atom stereocenters. The van der Waals surface area contributed by atoms with Gasteiger partial charge in [0.05, 0.1) is 23.4 Å². The Bertz CT molecular complexity index is 585. The molecule has 1 heterocycles. The molecular formula is C18H31IN4OS. The Morgan fingerprint density at radius 1 is 1.48 bits per heavy atom. The van der Waals surface area contributed by atoms with Gasteiger partial charge in [0.2, 0.25) is 0 Å². The second kappa shape index (κ2) is 8.99. The van der Waals surface area contributed by atoms with E-state index in [4.69, 9.17) is 4.74 Å². The number of nitrogens with zero attached hydrogens (tertiary/aromatic N) is 2. The fraction of sp³-hybridized carbons (Fsp3) is 0.778. The average molecular weight is 478 g/mol. The van der Waals surface area contributed by atoms with Crippen LogP contribution in [0.3, 0.4) is 0 Å². The van der Waals surface area contributed by atoms with Crippen LogP contribution in [0, 0.1) is 5.41 Å². The van der Waals surface area contributed by atoms with Gasteiger partial charge in [-0.2, -0.15) is 0 Å². The molecule has 0 radical (unpaired) electrons. The highest BCUT2D eigenvalue weighted by molar-refractivity contribution is 14.0. The lowest BCUT2D eigenvalue weighted by Gasteiger charge is -2.61. The van der Waals surface area contributed by atoms with Crippen molar-refractivity contribution in [2.75, 3.05) is 13.7 Å². The Balaban J connectivity index is 0.00000225. The second-order valence-corrected chi connectivity index (χ2v) is 8.11. The minimum absolute atomic E-state index is 0. The Labute approximate surface area is 172 Å². The van der Waals surface area contributed by atoms with Crippen molar-refractivity contribution in [2.45, 2.75) is 71.1 Å². The van der Waals surface area contributed by atoms with Crippen molar-refractivity contribution in [2.24, 2.45) is 10.4 Å². The standard InChI is InChI=1S/C18H30N4OS.HI/c1-5-23-15-9-14(18(15)7-6-8-18)22-17(19-4)20-10-13-11-24-16(21-13)12(2)3;/h11-12,14-15H,5-10H2,1-4H3,(H2,19,20,22);1H. The molecule has 3 rings (SSSR count). The van der Waals surface area contributed by atoms with E-state index in [1.165, 1.54) is 24.3 Å². The molecule has 1 aromatic rings. The molecule has 2 aliphatic carbocycles. The summed E-state index contributed by atoms with van der Waals surface area (Å²) in [6, 6.07) is 0.482. The lowest BCUT2D eigenvalue weighted by molar-refractivity contribution is -0.168. The van der Waals surface area contributed by atoms with Gasteiger partial charge in [-0.15, -0.1) is 35.3 Å². The molecule has 2 unspecified atom stereocenters. The first-order chi connectivity index (χ1) is 11.6. The van der Waals surface area contributed by atoms with Crippen LogP contribution in [0.25, 0.3) is 0 Å². The van der Waals surface area contributed by atoms with Crippen LogP contribution in [-0.4, -0.2) is 36.7 Å². The topological polar surface area (TPSA) is 58.5 Å². The third-order valence-corrected chi connectivity index (χ3v) is 6.67. The van der Waals surface area contributed by atoms with Gasteiger partial charge in [0.15, 0.2) is 5.96 Å². The smallest absolute Gasteiger partial charge is 0.191 e. The van der Waals surface area contributed by atoms with Gasteiger partial charge in [0, 0.05) is 36.4 Å². The number of aromatic nitrogens is 1. The molecule has 2 N–H and O–H groups in total. The van der Waals surface area contributed by atoms with Crippen molar-refractivity contribution in [3.8, 4) is 0 Å². The van der Waals surface area contributed by atoms with E-state index >= 15 is 0 Å². The van der Waals surface area contributed by atoms with Crippen molar-refractivity contribution >= 4 is 41.3 Å². The number of thiazole rings is 1. The Morgan fingerprint density at radius 2 is 2.24 bits per heavy atom. The van der Waals surface area contributed by atoms with Gasteiger partial charge >= 0.3 is 0 Å². The molecule has 1 spiro atoms. The van der Waals surface area contributed by atoms with Crippen molar-refractivity contribution < 1.29 is 4.74 Å². The van der Waals surface area contributed by atoms with Crippen LogP contribution in [0.2, 0.25) is 0 Å². The highest BCUT2D eigenvalue weighted by atomic mass is 127. The highest BCUT2D eigenvalue weighted by Crippen LogP contribution is 2.57. The molecule has 25 heavy (non-hydrogen) atoms. The third kappa shape index (κ3) is 4.30. The molecule has 0 amide bonds. The summed E-state index contributed by atoms with van der Waals surface area (Å²) in [5.74, 6) is 1.37. The fourth-order valence-corrected chi connectivity index (χ4v) is 4.68. The van der Waals surface area contributed by atoms with Crippen LogP contribution in [0.15, 0.2) is 10.4 Å². The normalized spacial score (nSPS) is 24.4. The number of halogens is 1. The van der Waals surface area contributed by atoms with E-state index in [1.807, 2.05) is 7.05 Å². The van der Waals surface area contributed by atoms with E-state index in [1.54, 1.807) is 11.3 Å². The molecule has 0 aliphatic heterocycles. The van der Waals surface area contributed by atoms with Crippen LogP contribution in [0.5, 0.6) is 0 Å². The molecule has 0 aromatic carbocycles. The Hall–Kier alpha value is -0.410. The number of hydrogen-bond acceptors (Lipinski definition) is 4. The van der Waals surface area contributed by atoms with Crippen LogP contribution in [0.4, 0.5) is 0 Å². The minimum Gasteiger partial charge on any atom is -0.378 e. The molecular weight excluding hydrogens is 447 g/mol. The Kier molecular flexibility index (Phi) is 7.52. The Morgan fingerprint density at radius 3 is 2.76 bits per heavy atom. The van der Waals surface area contributed by atoms with E-state index in [0.29, 0.717) is 23.5 Å². The maximum atomic E-state index is 5.93. The van der Waals surface area contributed by atoms with Crippen molar-refractivity contribution in [1.82, 2.24) is 15.6 Å². The molecule has 2 saturated carbocycles. The maximum absolute atomic E-state index is 5.93. The summed E-state index contributed by atoms with van der Waals surface area (Å²) in [4.78, 5) is 9.07. The zero-order valence-electron chi connectivity index (χ0n) is 15.7. The summed E-state index contributed by atoms with van der Waals surface area (Å²) >= 11 is 1.74. The fourth-order valence-electron chi connectivity index (χ4n) is 3.84. The third-order valence-electron chi connectivity index (χ3n) is 5.47. The first-order valence-corrected chi connectivity index (χ1v) is 10.00. The molecule has 1 aromatic heterocycles. The van der Waals surface area contributed by atoms with Gasteiger partial charge in [-0.1, -0.05) is 20.3 Å². The summed E-state index contributed by atoms with van der Waals surface area (Å²) in [6.45, 7) is 7.98. The molecule has 0 bridgehead atoms. The van der Waals surface area contributed by atoms with Crippen LogP contribution >= 0.6 is 35.3 Å². The zero-order valence-corrected chi connectivity index (χ0v) is 18.8. The molecule has 7 heteroatoms. The predicted molar refractivity (Wildman–Crippen MR) is 115 cm³/mol. The molecule has 2 aliphatic rings. The van der Waals surface area contributed by atoms with Gasteiger partial charge in [-0.05, 0) is 26.2 Å². The lowest BCUT2D eigenvalue weighted by atomic mass is 9.51. The minimum atomic E-state index is 0. The van der Waals surface area contributed by atoms with Crippen molar-refractivity contribution in [1.29, 1.82) is 0 Å². The summed E-state index contributed by atoms with van der Waals surface area (Å²) in [7, 11) is 1.84. The zero-order chi connectivity index (χ0) is 17.2. The summed E-state index contributed by atoms with van der Waals surface area (Å²) in [5, 5.41) is 10.4. The van der Waals surface area contributed by atoms with Gasteiger partial charge in [0.1, 0.15) is 0 Å². The van der Waals surface area contributed by atoms with Gasteiger partial charge < -0.3 is 15.4 Å². The lowest BCUT2D eigenvalue weighted by Crippen LogP contribution is -2.68. The number of aliphatic imine (C=N–C) groups is 1. The maximum Gasteiger partial charge on any atom is 0.191 e. The van der Waals surface area contributed by atoms with Gasteiger partial charge in [0.25, 0.3) is 0 Å². The van der Waals surface area contributed by atoms with E-state index in [9.17, 15) is 0 Å². The molecule has 2 fully saturated rings. The van der Waals surface area contributed by atoms with Gasteiger partial charge in [-0.25, -0.2) is 4.98 Å². The highest BCUT2D eigenvalue weighted by Gasteiger charge is 2.59. The van der Waals surface area contributed by atoms with Crippen LogP contribution in [0.1, 0.15) is 63.1 Å². The molecule has 142 valence electrons. The van der Waals surface area contributed by atoms with Crippen LogP contribution < -0.4 is 10.6 Å². The first-order valence-electron chi connectivity index (χ1n) is 9.12. The number of ether oxygens (including phenoxy) is 1. The van der Waals surface area contributed by atoms with E-state index in [0.717, 1.165) is 31.2 Å². The summed E-state index contributed by atoms with van der Waals surface area (Å²) in [5.41, 5.74) is 1.44. The SMILES string of the molecule is CCOC1CC(NC(=NC)NCc2csc(C(C)C)n2)C12CCC2.I. The average Bonchev–Trinajstić information content (AvgIpc) is 2.97. The van der Waals surface area contributed by atoms with Crippen molar-refractivity contribution in [3.63, 3.8) is 0 Å². The van der Waals surface area contributed by atoms with Crippen molar-refractivity contribution in [3.05, 3.63) is 16.1 Å². The van der Waals surface area contributed by atoms with Crippen LogP contribution in [-0.2, 0) is 11.3 Å². The first kappa shape index (κ1) is 20.9. The monoisotopic (exact) mass is 478 g/mol. The van der Waals surface area contributed by atoms with Gasteiger partial charge in [-0.3, -0.25) is 4.99 Å². The van der Waals surface area contributed by atoms with E-state index < -0.39 is 0 Å². The summed E-state index contributed by atoms with van der Waals surface area (Å²) < 4.78 is 5.93.